The first-order valence-electron chi connectivity index (χ1n) is 11.7. The zero-order valence-electron chi connectivity index (χ0n) is 18.5. The van der Waals surface area contributed by atoms with E-state index in [4.69, 9.17) is 15.3 Å². The topological polar surface area (TPSA) is 73.9 Å². The van der Waals surface area contributed by atoms with Gasteiger partial charge in [-0.2, -0.15) is 10.5 Å². The number of nitrogens with zero attached hydrogens (tertiary/aromatic N) is 2. The number of hydrogen-bond donors (Lipinski definition) is 0. The van der Waals surface area contributed by atoms with Crippen molar-refractivity contribution in [1.29, 1.82) is 10.5 Å². The van der Waals surface area contributed by atoms with Crippen molar-refractivity contribution >= 4 is 5.97 Å². The molecule has 168 valence electrons. The minimum absolute atomic E-state index is 0.0400. The molecule has 0 N–H and O–H groups in total. The van der Waals surface area contributed by atoms with Crippen molar-refractivity contribution in [2.24, 2.45) is 11.8 Å². The van der Waals surface area contributed by atoms with Gasteiger partial charge in [0.2, 0.25) is 0 Å². The lowest BCUT2D eigenvalue weighted by Gasteiger charge is -2.31. The second-order valence-electron chi connectivity index (χ2n) is 8.97. The van der Waals surface area contributed by atoms with Crippen molar-refractivity contribution in [3.63, 3.8) is 0 Å². The third-order valence-corrected chi connectivity index (χ3v) is 6.88. The first-order chi connectivity index (χ1) is 15.6. The Hall–Kier alpha value is -2.92. The molecule has 32 heavy (non-hydrogen) atoms. The molecule has 0 unspecified atom stereocenters. The van der Waals surface area contributed by atoms with E-state index in [2.05, 4.69) is 6.08 Å². The Bertz CT molecular complexity index is 909. The van der Waals surface area contributed by atoms with E-state index >= 15 is 0 Å². The molecule has 0 atom stereocenters. The lowest BCUT2D eigenvalue weighted by Crippen LogP contribution is -2.29. The van der Waals surface area contributed by atoms with Gasteiger partial charge in [0.15, 0.2) is 0 Å². The van der Waals surface area contributed by atoms with Gasteiger partial charge in [-0.3, -0.25) is 4.79 Å². The Morgan fingerprint density at radius 3 is 2.47 bits per heavy atom. The van der Waals surface area contributed by atoms with Crippen LogP contribution in [0.25, 0.3) is 0 Å². The lowest BCUT2D eigenvalue weighted by atomic mass is 9.78. The van der Waals surface area contributed by atoms with Crippen molar-refractivity contribution < 1.29 is 13.9 Å². The number of carbonyl (C=O) groups is 1. The molecular formula is C27H31FN2O2. The first kappa shape index (κ1) is 23.7. The number of carbonyl (C=O) groups excluding carboxylic acids is 1. The van der Waals surface area contributed by atoms with E-state index in [1.807, 2.05) is 24.3 Å². The van der Waals surface area contributed by atoms with Crippen molar-refractivity contribution in [2.75, 3.05) is 0 Å². The van der Waals surface area contributed by atoms with Crippen molar-refractivity contribution in [3.05, 3.63) is 59.4 Å². The summed E-state index contributed by atoms with van der Waals surface area (Å²) in [6, 6.07) is 8.68. The van der Waals surface area contributed by atoms with Crippen LogP contribution < -0.4 is 0 Å². The van der Waals surface area contributed by atoms with E-state index in [1.165, 1.54) is 12.1 Å². The van der Waals surface area contributed by atoms with Gasteiger partial charge in [-0.05, 0) is 93.7 Å². The Kier molecular flexibility index (Phi) is 9.05. The number of halogens is 1. The highest BCUT2D eigenvalue weighted by Crippen LogP contribution is 2.37. The molecule has 0 amide bonds. The van der Waals surface area contributed by atoms with Crippen molar-refractivity contribution in [2.45, 2.75) is 76.2 Å². The summed E-state index contributed by atoms with van der Waals surface area (Å²) >= 11 is 0. The van der Waals surface area contributed by atoms with Crippen LogP contribution in [-0.2, 0) is 9.53 Å². The molecule has 0 bridgehead atoms. The number of nitriles is 2. The van der Waals surface area contributed by atoms with Crippen LogP contribution in [0.2, 0.25) is 0 Å². The third kappa shape index (κ3) is 6.79. The van der Waals surface area contributed by atoms with Gasteiger partial charge < -0.3 is 4.74 Å². The van der Waals surface area contributed by atoms with Crippen LogP contribution in [-0.4, -0.2) is 12.1 Å². The molecule has 1 aromatic carbocycles. The average molecular weight is 435 g/mol. The zero-order valence-corrected chi connectivity index (χ0v) is 18.5. The Morgan fingerprint density at radius 2 is 1.81 bits per heavy atom. The molecule has 0 radical (unpaired) electrons. The highest BCUT2D eigenvalue weighted by Gasteiger charge is 2.31. The fraction of sp³-hybridized carbons (Fsp3) is 0.519. The van der Waals surface area contributed by atoms with Crippen molar-refractivity contribution in [1.82, 2.24) is 0 Å². The maximum atomic E-state index is 13.9. The van der Waals surface area contributed by atoms with Gasteiger partial charge in [0.25, 0.3) is 0 Å². The number of rotatable bonds is 7. The maximum Gasteiger partial charge on any atom is 0.309 e. The Morgan fingerprint density at radius 1 is 1.06 bits per heavy atom. The van der Waals surface area contributed by atoms with Crippen LogP contribution in [0.5, 0.6) is 0 Å². The Balaban J connectivity index is 1.36. The summed E-state index contributed by atoms with van der Waals surface area (Å²) < 4.78 is 19.8. The fourth-order valence-corrected chi connectivity index (χ4v) is 4.94. The first-order valence-corrected chi connectivity index (χ1v) is 11.7. The quantitative estimate of drug-likeness (QED) is 0.279. The molecule has 2 aliphatic carbocycles. The highest BCUT2D eigenvalue weighted by atomic mass is 19.1. The molecule has 0 spiro atoms. The molecule has 2 aliphatic rings. The molecule has 0 heterocycles. The zero-order chi connectivity index (χ0) is 22.8. The van der Waals surface area contributed by atoms with Crippen LogP contribution in [0.3, 0.4) is 0 Å². The smallest absolute Gasteiger partial charge is 0.309 e. The minimum atomic E-state index is -0.464. The predicted molar refractivity (Wildman–Crippen MR) is 121 cm³/mol. The number of esters is 1. The molecule has 4 nitrogen and oxygen atoms in total. The molecule has 1 aromatic rings. The summed E-state index contributed by atoms with van der Waals surface area (Å²) in [5, 5.41) is 17.3. The Labute approximate surface area is 190 Å². The van der Waals surface area contributed by atoms with Crippen LogP contribution in [0.1, 0.15) is 81.3 Å². The summed E-state index contributed by atoms with van der Waals surface area (Å²) in [7, 11) is 0. The lowest BCUT2D eigenvalue weighted by molar-refractivity contribution is -0.157. The molecule has 0 aliphatic heterocycles. The van der Waals surface area contributed by atoms with E-state index in [1.54, 1.807) is 12.1 Å². The normalized spacial score (nSPS) is 26.0. The monoisotopic (exact) mass is 434 g/mol. The minimum Gasteiger partial charge on any atom is -0.462 e. The summed E-state index contributed by atoms with van der Waals surface area (Å²) in [5.74, 6) is 0.330. The van der Waals surface area contributed by atoms with Gasteiger partial charge in [0.1, 0.15) is 18.0 Å². The van der Waals surface area contributed by atoms with Gasteiger partial charge in [-0.25, -0.2) is 4.39 Å². The molecule has 2 saturated carbocycles. The number of ether oxygens (including phenoxy) is 1. The van der Waals surface area contributed by atoms with Crippen LogP contribution in [0.15, 0.2) is 42.5 Å². The largest absolute Gasteiger partial charge is 0.462 e. The van der Waals surface area contributed by atoms with Crippen molar-refractivity contribution in [3.8, 4) is 12.1 Å². The molecule has 2 fully saturated rings. The SMILES string of the molecule is N#CC=C/C=C/CCC1CCC(OC(=O)[C@H]2CC[C@H](c3ccc(C#N)c(F)c3)CC2)CC1. The molecular weight excluding hydrogens is 403 g/mol. The fourth-order valence-electron chi connectivity index (χ4n) is 4.94. The van der Waals surface area contributed by atoms with Gasteiger partial charge in [0, 0.05) is 6.08 Å². The summed E-state index contributed by atoms with van der Waals surface area (Å²) in [4.78, 5) is 12.7. The number of allylic oxidation sites excluding steroid dienone is 4. The molecule has 0 saturated heterocycles. The predicted octanol–water partition coefficient (Wildman–Crippen LogP) is 6.49. The van der Waals surface area contributed by atoms with E-state index in [0.29, 0.717) is 5.92 Å². The second-order valence-corrected chi connectivity index (χ2v) is 8.97. The number of benzene rings is 1. The summed E-state index contributed by atoms with van der Waals surface area (Å²) in [6.07, 6.45) is 16.7. The van der Waals surface area contributed by atoms with Crippen LogP contribution in [0, 0.1) is 40.3 Å². The van der Waals surface area contributed by atoms with Gasteiger partial charge in [0.05, 0.1) is 17.6 Å². The van der Waals surface area contributed by atoms with E-state index < -0.39 is 5.82 Å². The highest BCUT2D eigenvalue weighted by molar-refractivity contribution is 5.72. The molecule has 0 aromatic heterocycles. The van der Waals surface area contributed by atoms with E-state index in [9.17, 15) is 9.18 Å². The van der Waals surface area contributed by atoms with Gasteiger partial charge >= 0.3 is 5.97 Å². The van der Waals surface area contributed by atoms with Crippen LogP contribution in [0.4, 0.5) is 4.39 Å². The second kappa shape index (κ2) is 12.2. The number of hydrogen-bond acceptors (Lipinski definition) is 4. The van der Waals surface area contributed by atoms with Gasteiger partial charge in [-0.1, -0.05) is 24.3 Å². The maximum absolute atomic E-state index is 13.9. The van der Waals surface area contributed by atoms with E-state index in [0.717, 1.165) is 69.8 Å². The van der Waals surface area contributed by atoms with E-state index in [-0.39, 0.29) is 29.5 Å². The van der Waals surface area contributed by atoms with Crippen LogP contribution >= 0.6 is 0 Å². The summed E-state index contributed by atoms with van der Waals surface area (Å²) in [5.41, 5.74) is 0.993. The standard InChI is InChI=1S/C27H31FN2O2/c28-26-18-23(13-14-24(26)19-30)21-9-11-22(12-10-21)27(31)32-25-15-7-20(8-16-25)6-4-2-1-3-5-17-29/h1-3,5,13-14,18,20-22,25H,4,6-12,15-16H2/b2-1+,5-3?/t20?,21-,22-,25?. The van der Waals surface area contributed by atoms with Gasteiger partial charge in [-0.15, -0.1) is 0 Å². The third-order valence-electron chi connectivity index (χ3n) is 6.88. The molecule has 5 heteroatoms. The average Bonchev–Trinajstić information content (AvgIpc) is 2.82. The summed E-state index contributed by atoms with van der Waals surface area (Å²) in [6.45, 7) is 0. The molecule has 3 rings (SSSR count).